The number of ether oxygens (including phenoxy) is 1. The second kappa shape index (κ2) is 6.93. The zero-order valence-corrected chi connectivity index (χ0v) is 18.3. The fraction of sp³-hybridized carbons (Fsp3) is 0.381. The van der Waals surface area contributed by atoms with Crippen molar-refractivity contribution in [2.45, 2.75) is 52.2 Å². The lowest BCUT2D eigenvalue weighted by Gasteiger charge is -2.40. The van der Waals surface area contributed by atoms with E-state index in [0.717, 1.165) is 22.3 Å². The molecule has 1 aromatic carbocycles. The number of thiophene rings is 1. The first-order chi connectivity index (χ1) is 12.5. The van der Waals surface area contributed by atoms with Crippen molar-refractivity contribution in [2.24, 2.45) is 0 Å². The normalized spacial score (nSPS) is 18.9. The van der Waals surface area contributed by atoms with E-state index < -0.39 is 11.2 Å². The van der Waals surface area contributed by atoms with Gasteiger partial charge in [-0.15, -0.1) is 11.3 Å². The van der Waals surface area contributed by atoms with Gasteiger partial charge in [0.25, 0.3) is 0 Å². The minimum absolute atomic E-state index is 0.0362. The summed E-state index contributed by atoms with van der Waals surface area (Å²) in [6.07, 6.45) is 0.699. The van der Waals surface area contributed by atoms with Crippen LogP contribution in [0.25, 0.3) is 16.7 Å². The van der Waals surface area contributed by atoms with Crippen LogP contribution in [-0.2, 0) is 16.0 Å². The lowest BCUT2D eigenvalue weighted by molar-refractivity contribution is -0.158. The van der Waals surface area contributed by atoms with Crippen LogP contribution >= 0.6 is 34.5 Å². The van der Waals surface area contributed by atoms with Gasteiger partial charge in [-0.2, -0.15) is 0 Å². The van der Waals surface area contributed by atoms with E-state index in [9.17, 15) is 9.90 Å². The van der Waals surface area contributed by atoms with Gasteiger partial charge in [-0.25, -0.2) is 0 Å². The molecule has 0 radical (unpaired) electrons. The summed E-state index contributed by atoms with van der Waals surface area (Å²) in [5.74, 6) is -0.260. The van der Waals surface area contributed by atoms with Gasteiger partial charge >= 0.3 is 0 Å². The van der Waals surface area contributed by atoms with Crippen LogP contribution < -0.4 is 0 Å². The summed E-state index contributed by atoms with van der Waals surface area (Å²) in [5, 5.41) is 10.8. The van der Waals surface area contributed by atoms with Gasteiger partial charge in [-0.05, 0) is 56.9 Å². The first kappa shape index (κ1) is 20.4. The smallest absolute Gasteiger partial charge is 0.198 e. The Morgan fingerprint density at radius 2 is 1.74 bits per heavy atom. The highest BCUT2D eigenvalue weighted by Crippen LogP contribution is 2.43. The Balaban J connectivity index is 2.19. The molecule has 0 fully saturated rings. The molecular formula is C21H22Cl2O3S. The number of carbonyl (C=O) groups excluding carboxylic acids is 1. The summed E-state index contributed by atoms with van der Waals surface area (Å²) in [5.41, 5.74) is 1.85. The molecule has 1 aromatic heterocycles. The first-order valence-corrected chi connectivity index (χ1v) is 10.3. The molecule has 3 nitrogen and oxygen atoms in total. The quantitative estimate of drug-likeness (QED) is 0.595. The second-order valence-electron chi connectivity index (χ2n) is 7.64. The molecule has 1 aliphatic heterocycles. The van der Waals surface area contributed by atoms with Gasteiger partial charge in [0.2, 0.25) is 0 Å². The molecule has 0 spiro atoms. The van der Waals surface area contributed by atoms with Gasteiger partial charge in [0.1, 0.15) is 21.3 Å². The van der Waals surface area contributed by atoms with E-state index >= 15 is 0 Å². The number of benzene rings is 1. The molecule has 0 amide bonds. The van der Waals surface area contributed by atoms with Crippen molar-refractivity contribution >= 4 is 45.9 Å². The van der Waals surface area contributed by atoms with E-state index in [4.69, 9.17) is 27.9 Å². The van der Waals surface area contributed by atoms with Crippen molar-refractivity contribution in [1.29, 1.82) is 0 Å². The highest BCUT2D eigenvalue weighted by atomic mass is 35.5. The van der Waals surface area contributed by atoms with E-state index in [1.54, 1.807) is 27.7 Å². The highest BCUT2D eigenvalue weighted by molar-refractivity contribution is 7.20. The van der Waals surface area contributed by atoms with E-state index in [1.165, 1.54) is 11.3 Å². The number of Topliss-reactive ketones (excluding diaryl/α,β-unsaturated/α-hetero) is 1. The van der Waals surface area contributed by atoms with E-state index in [0.29, 0.717) is 20.7 Å². The van der Waals surface area contributed by atoms with Crippen LogP contribution in [-0.4, -0.2) is 22.1 Å². The van der Waals surface area contributed by atoms with Gasteiger partial charge in [0.05, 0.1) is 9.91 Å². The van der Waals surface area contributed by atoms with Crippen LogP contribution in [0.3, 0.4) is 0 Å². The lowest BCUT2D eigenvalue weighted by atomic mass is 9.81. The SMILES string of the molecule is CCc1cc(-c2cc(Cl)sc2Cl)ccc1C1=C(O)C(C)(C)OC(C)(C)C1=O. The summed E-state index contributed by atoms with van der Waals surface area (Å²) in [6, 6.07) is 7.62. The van der Waals surface area contributed by atoms with Gasteiger partial charge in [-0.1, -0.05) is 48.3 Å². The van der Waals surface area contributed by atoms with Crippen molar-refractivity contribution in [3.05, 3.63) is 49.8 Å². The van der Waals surface area contributed by atoms with Crippen LogP contribution in [0.1, 0.15) is 45.7 Å². The van der Waals surface area contributed by atoms with Crippen molar-refractivity contribution < 1.29 is 14.6 Å². The number of halogens is 2. The minimum atomic E-state index is -1.01. The van der Waals surface area contributed by atoms with Crippen molar-refractivity contribution in [2.75, 3.05) is 0 Å². The first-order valence-electron chi connectivity index (χ1n) is 8.75. The van der Waals surface area contributed by atoms with Gasteiger partial charge in [0.15, 0.2) is 5.78 Å². The molecule has 1 N–H and O–H groups in total. The summed E-state index contributed by atoms with van der Waals surface area (Å²) >= 11 is 13.7. The summed E-state index contributed by atoms with van der Waals surface area (Å²) in [7, 11) is 0. The summed E-state index contributed by atoms with van der Waals surface area (Å²) in [6.45, 7) is 9.02. The van der Waals surface area contributed by atoms with Crippen LogP contribution in [0.15, 0.2) is 30.0 Å². The third-order valence-electron chi connectivity index (χ3n) is 4.81. The van der Waals surface area contributed by atoms with Gasteiger partial charge in [-0.3, -0.25) is 4.79 Å². The minimum Gasteiger partial charge on any atom is -0.508 e. The number of ketones is 1. The molecule has 2 heterocycles. The second-order valence-corrected chi connectivity index (χ2v) is 9.92. The maximum Gasteiger partial charge on any atom is 0.198 e. The molecule has 0 aliphatic carbocycles. The Bertz CT molecular complexity index is 954. The number of aliphatic hydroxyl groups is 1. The van der Waals surface area contributed by atoms with E-state index in [2.05, 4.69) is 0 Å². The Morgan fingerprint density at radius 1 is 1.07 bits per heavy atom. The molecule has 0 saturated heterocycles. The average Bonchev–Trinajstić information content (AvgIpc) is 2.91. The topological polar surface area (TPSA) is 46.5 Å². The Morgan fingerprint density at radius 3 is 2.30 bits per heavy atom. The Labute approximate surface area is 173 Å². The average molecular weight is 425 g/mol. The van der Waals surface area contributed by atoms with Crippen LogP contribution in [0, 0.1) is 0 Å². The van der Waals surface area contributed by atoms with Crippen molar-refractivity contribution in [1.82, 2.24) is 0 Å². The molecule has 144 valence electrons. The molecule has 3 rings (SSSR count). The zero-order valence-electron chi connectivity index (χ0n) is 15.9. The fourth-order valence-electron chi connectivity index (χ4n) is 3.53. The number of aryl methyl sites for hydroxylation is 1. The predicted octanol–water partition coefficient (Wildman–Crippen LogP) is 6.71. The van der Waals surface area contributed by atoms with Gasteiger partial charge in [0, 0.05) is 5.56 Å². The standard InChI is InChI=1S/C21H22Cl2O3S/c1-6-11-9-12(14-10-15(22)27-19(14)23)7-8-13(11)16-17(24)20(2,3)26-21(4,5)18(16)25/h7-10,24H,6H2,1-5H3. The van der Waals surface area contributed by atoms with Crippen molar-refractivity contribution in [3.63, 3.8) is 0 Å². The van der Waals surface area contributed by atoms with Crippen molar-refractivity contribution in [3.8, 4) is 11.1 Å². The zero-order chi connectivity index (χ0) is 20.1. The maximum absolute atomic E-state index is 13.0. The molecule has 1 aliphatic rings. The maximum atomic E-state index is 13.0. The predicted molar refractivity (Wildman–Crippen MR) is 113 cm³/mol. The molecule has 6 heteroatoms. The highest BCUT2D eigenvalue weighted by Gasteiger charge is 2.47. The molecule has 0 saturated carbocycles. The largest absolute Gasteiger partial charge is 0.508 e. The summed E-state index contributed by atoms with van der Waals surface area (Å²) in [4.78, 5) is 13.0. The van der Waals surface area contributed by atoms with E-state index in [-0.39, 0.29) is 11.5 Å². The third kappa shape index (κ3) is 3.56. The van der Waals surface area contributed by atoms with Crippen LogP contribution in [0.5, 0.6) is 0 Å². The number of aliphatic hydroxyl groups excluding tert-OH is 1. The molecule has 27 heavy (non-hydrogen) atoms. The Kier molecular flexibility index (Phi) is 5.23. The monoisotopic (exact) mass is 424 g/mol. The number of rotatable bonds is 3. The Hall–Kier alpha value is -1.33. The third-order valence-corrected chi connectivity index (χ3v) is 6.30. The van der Waals surface area contributed by atoms with Crippen LogP contribution in [0.4, 0.5) is 0 Å². The number of carbonyl (C=O) groups is 1. The number of hydrogen-bond donors (Lipinski definition) is 1. The molecule has 2 aromatic rings. The summed E-state index contributed by atoms with van der Waals surface area (Å²) < 4.78 is 7.09. The van der Waals surface area contributed by atoms with E-state index in [1.807, 2.05) is 31.2 Å². The molecule has 0 atom stereocenters. The molecule has 0 unspecified atom stereocenters. The number of hydrogen-bond acceptors (Lipinski definition) is 4. The molecule has 0 bridgehead atoms. The van der Waals surface area contributed by atoms with Gasteiger partial charge < -0.3 is 9.84 Å². The lowest BCUT2D eigenvalue weighted by Crippen LogP contribution is -2.49. The fourth-order valence-corrected chi connectivity index (χ4v) is 5.03. The van der Waals surface area contributed by atoms with Crippen LogP contribution in [0.2, 0.25) is 8.67 Å². The molecular weight excluding hydrogens is 403 g/mol.